The van der Waals surface area contributed by atoms with Gasteiger partial charge in [0.05, 0.1) is 25.8 Å². The molecule has 0 aliphatic carbocycles. The first-order chi connectivity index (χ1) is 22.5. The minimum atomic E-state index is -0.475. The van der Waals surface area contributed by atoms with Crippen molar-refractivity contribution in [2.45, 2.75) is 46.5 Å². The number of methoxy groups -OCH3 is 1. The summed E-state index contributed by atoms with van der Waals surface area (Å²) in [5, 5.41) is 10.6. The molecule has 3 aromatic carbocycles. The van der Waals surface area contributed by atoms with Crippen molar-refractivity contribution >= 4 is 35.1 Å². The van der Waals surface area contributed by atoms with Gasteiger partial charge in [-0.15, -0.1) is 0 Å². The number of phenols is 1. The summed E-state index contributed by atoms with van der Waals surface area (Å²) < 4.78 is 29.5. The predicted molar refractivity (Wildman–Crippen MR) is 180 cm³/mol. The first-order valence-electron chi connectivity index (χ1n) is 15.3. The van der Waals surface area contributed by atoms with Crippen LogP contribution in [-0.2, 0) is 25.5 Å². The molecule has 3 aromatic rings. The summed E-state index contributed by atoms with van der Waals surface area (Å²) in [6.45, 7) is 7.80. The molecular formula is C35H43ClFN3O7. The van der Waals surface area contributed by atoms with Crippen molar-refractivity contribution in [3.63, 3.8) is 0 Å². The standard InChI is InChI=1S/C18H27NO5.C17H16ClFN2O2/c1-5-10-23-18(21)12-14-8-9-15(16(11-14)22-4)24-13-17(20)19(6-2)7-3;18-12-5-3-11(4-6-12)17(21-9-1-2-16(20)23)14-10-13(19)7-8-15(14)22/h8-9,11H,5-7,10,12-13H2,1-4H3;3-8,10,22H,1-2,9H2,(H2,20,23). The molecule has 2 amide bonds. The van der Waals surface area contributed by atoms with Crippen molar-refractivity contribution in [2.24, 2.45) is 10.7 Å². The van der Waals surface area contributed by atoms with E-state index >= 15 is 0 Å². The van der Waals surface area contributed by atoms with Crippen molar-refractivity contribution in [1.29, 1.82) is 0 Å². The molecule has 254 valence electrons. The second-order valence-corrected chi connectivity index (χ2v) is 10.6. The zero-order valence-corrected chi connectivity index (χ0v) is 28.0. The zero-order valence-electron chi connectivity index (χ0n) is 27.3. The number of aliphatic imine (C=N–C) groups is 1. The fraction of sp³-hybridized carbons (Fsp3) is 0.371. The number of esters is 1. The lowest BCUT2D eigenvalue weighted by molar-refractivity contribution is -0.142. The van der Waals surface area contributed by atoms with Gasteiger partial charge in [-0.3, -0.25) is 19.4 Å². The smallest absolute Gasteiger partial charge is 0.310 e. The number of amides is 2. The van der Waals surface area contributed by atoms with E-state index in [0.717, 1.165) is 12.0 Å². The highest BCUT2D eigenvalue weighted by molar-refractivity contribution is 6.30. The molecule has 47 heavy (non-hydrogen) atoms. The van der Waals surface area contributed by atoms with Gasteiger partial charge >= 0.3 is 5.97 Å². The molecule has 0 fully saturated rings. The van der Waals surface area contributed by atoms with Crippen molar-refractivity contribution < 1.29 is 38.1 Å². The van der Waals surface area contributed by atoms with Gasteiger partial charge in [0.25, 0.3) is 5.91 Å². The molecule has 0 aliphatic heterocycles. The molecule has 0 atom stereocenters. The largest absolute Gasteiger partial charge is 0.507 e. The van der Waals surface area contributed by atoms with Crippen LogP contribution < -0.4 is 15.2 Å². The summed E-state index contributed by atoms with van der Waals surface area (Å²) in [5.74, 6) is -0.334. The summed E-state index contributed by atoms with van der Waals surface area (Å²) in [5.41, 5.74) is 7.28. The fourth-order valence-corrected chi connectivity index (χ4v) is 4.39. The number of halogens is 2. The number of hydrogen-bond donors (Lipinski definition) is 2. The van der Waals surface area contributed by atoms with E-state index in [0.29, 0.717) is 60.5 Å². The number of nitrogens with two attached hydrogens (primary N) is 1. The van der Waals surface area contributed by atoms with Gasteiger partial charge in [-0.1, -0.05) is 36.7 Å². The van der Waals surface area contributed by atoms with E-state index in [4.69, 9.17) is 31.5 Å². The highest BCUT2D eigenvalue weighted by Crippen LogP contribution is 2.28. The Kier molecular flexibility index (Phi) is 16.8. The number of primary amides is 1. The topological polar surface area (TPSA) is 141 Å². The number of carbonyl (C=O) groups excluding carboxylic acids is 3. The third kappa shape index (κ3) is 13.3. The molecular weight excluding hydrogens is 629 g/mol. The molecule has 0 unspecified atom stereocenters. The Labute approximate surface area is 280 Å². The summed E-state index contributed by atoms with van der Waals surface area (Å²) in [6.07, 6.45) is 1.66. The number of nitrogens with zero attached hydrogens (tertiary/aromatic N) is 2. The van der Waals surface area contributed by atoms with E-state index < -0.39 is 11.7 Å². The Hall–Kier alpha value is -4.64. The van der Waals surface area contributed by atoms with Crippen LogP contribution in [0.5, 0.6) is 17.2 Å². The van der Waals surface area contributed by atoms with Crippen LogP contribution in [0.15, 0.2) is 65.7 Å². The van der Waals surface area contributed by atoms with E-state index in [-0.39, 0.29) is 42.6 Å². The van der Waals surface area contributed by atoms with Crippen LogP contribution in [0.3, 0.4) is 0 Å². The molecule has 3 N–H and O–H groups in total. The summed E-state index contributed by atoms with van der Waals surface area (Å²) >= 11 is 5.88. The third-order valence-electron chi connectivity index (χ3n) is 6.69. The molecule has 3 rings (SSSR count). The second kappa shape index (κ2) is 20.5. The van der Waals surface area contributed by atoms with Crippen molar-refractivity contribution in [1.82, 2.24) is 4.90 Å². The summed E-state index contributed by atoms with van der Waals surface area (Å²) in [7, 11) is 1.52. The van der Waals surface area contributed by atoms with Gasteiger partial charge in [0.1, 0.15) is 11.6 Å². The number of hydrogen-bond acceptors (Lipinski definition) is 8. The van der Waals surface area contributed by atoms with Gasteiger partial charge in [-0.25, -0.2) is 4.39 Å². The number of phenolic OH excluding ortho intramolecular Hbond substituents is 1. The number of carbonyl (C=O) groups is 3. The Morgan fingerprint density at radius 1 is 0.979 bits per heavy atom. The molecule has 0 saturated carbocycles. The van der Waals surface area contributed by atoms with Crippen LogP contribution in [0.4, 0.5) is 4.39 Å². The average Bonchev–Trinajstić information content (AvgIpc) is 3.05. The molecule has 12 heteroatoms. The predicted octanol–water partition coefficient (Wildman–Crippen LogP) is 5.73. The fourth-order valence-electron chi connectivity index (χ4n) is 4.26. The van der Waals surface area contributed by atoms with Crippen molar-refractivity contribution in [3.8, 4) is 17.2 Å². The monoisotopic (exact) mass is 671 g/mol. The molecule has 0 spiro atoms. The van der Waals surface area contributed by atoms with E-state index in [9.17, 15) is 23.9 Å². The van der Waals surface area contributed by atoms with Crippen LogP contribution >= 0.6 is 11.6 Å². The molecule has 0 aromatic heterocycles. The van der Waals surface area contributed by atoms with Gasteiger partial charge in [0, 0.05) is 42.2 Å². The van der Waals surface area contributed by atoms with Crippen LogP contribution in [-0.4, -0.2) is 73.5 Å². The van der Waals surface area contributed by atoms with Gasteiger partial charge < -0.3 is 30.0 Å². The van der Waals surface area contributed by atoms with Crippen molar-refractivity contribution in [2.75, 3.05) is 40.0 Å². The molecule has 10 nitrogen and oxygen atoms in total. The Morgan fingerprint density at radius 2 is 1.68 bits per heavy atom. The molecule has 0 aliphatic rings. The van der Waals surface area contributed by atoms with E-state index in [1.54, 1.807) is 47.4 Å². The van der Waals surface area contributed by atoms with E-state index in [2.05, 4.69) is 4.99 Å². The molecule has 0 radical (unpaired) electrons. The van der Waals surface area contributed by atoms with Crippen molar-refractivity contribution in [3.05, 3.63) is 88.2 Å². The zero-order chi connectivity index (χ0) is 34.8. The normalized spacial score (nSPS) is 10.8. The SMILES string of the molecule is CCCOC(=O)Cc1ccc(OCC(=O)N(CC)CC)c(OC)c1.NC(=O)CCCN=C(c1ccc(Cl)cc1)c1cc(F)ccc1O. The quantitative estimate of drug-likeness (QED) is 0.113. The van der Waals surface area contributed by atoms with Crippen LogP contribution in [0, 0.1) is 5.82 Å². The Morgan fingerprint density at radius 3 is 2.30 bits per heavy atom. The van der Waals surface area contributed by atoms with Crippen LogP contribution in [0.1, 0.15) is 56.7 Å². The number of ether oxygens (including phenoxy) is 3. The van der Waals surface area contributed by atoms with Gasteiger partial charge in [0.15, 0.2) is 18.1 Å². The van der Waals surface area contributed by atoms with E-state index in [1.165, 1.54) is 25.3 Å². The minimum Gasteiger partial charge on any atom is -0.507 e. The number of likely N-dealkylation sites (N-methyl/N-ethyl adjacent to an activating group) is 1. The lowest BCUT2D eigenvalue weighted by Gasteiger charge is -2.19. The summed E-state index contributed by atoms with van der Waals surface area (Å²) in [6, 6.07) is 15.7. The first-order valence-corrected chi connectivity index (χ1v) is 15.7. The third-order valence-corrected chi connectivity index (χ3v) is 6.95. The Balaban J connectivity index is 0.000000327. The summed E-state index contributed by atoms with van der Waals surface area (Å²) in [4.78, 5) is 40.6. The lowest BCUT2D eigenvalue weighted by atomic mass is 10.0. The van der Waals surface area contributed by atoms with E-state index in [1.807, 2.05) is 20.8 Å². The first kappa shape index (κ1) is 38.5. The Bertz CT molecular complexity index is 1490. The second-order valence-electron chi connectivity index (χ2n) is 10.2. The molecule has 0 bridgehead atoms. The molecule has 0 heterocycles. The van der Waals surface area contributed by atoms with Crippen LogP contribution in [0.25, 0.3) is 0 Å². The maximum absolute atomic E-state index is 13.5. The maximum Gasteiger partial charge on any atom is 0.310 e. The lowest BCUT2D eigenvalue weighted by Crippen LogP contribution is -2.34. The number of aromatic hydroxyl groups is 1. The molecule has 0 saturated heterocycles. The number of benzene rings is 3. The minimum absolute atomic E-state index is 0.0457. The van der Waals surface area contributed by atoms with Gasteiger partial charge in [0.2, 0.25) is 5.91 Å². The maximum atomic E-state index is 13.5. The number of rotatable bonds is 16. The highest BCUT2D eigenvalue weighted by atomic mass is 35.5. The average molecular weight is 672 g/mol. The van der Waals surface area contributed by atoms with Crippen LogP contribution in [0.2, 0.25) is 5.02 Å². The van der Waals surface area contributed by atoms with Gasteiger partial charge in [-0.05, 0) is 74.7 Å². The van der Waals surface area contributed by atoms with Gasteiger partial charge in [-0.2, -0.15) is 0 Å². The highest BCUT2D eigenvalue weighted by Gasteiger charge is 2.15.